The molecule has 0 aromatic heterocycles. The molecule has 2 amide bonds. The van der Waals surface area contributed by atoms with Gasteiger partial charge in [0.05, 0.1) is 17.8 Å². The average Bonchev–Trinajstić information content (AvgIpc) is 2.69. The van der Waals surface area contributed by atoms with Crippen molar-refractivity contribution in [2.45, 2.75) is 37.8 Å². The van der Waals surface area contributed by atoms with Gasteiger partial charge in [-0.2, -0.15) is 0 Å². The lowest BCUT2D eigenvalue weighted by molar-refractivity contribution is 0.250. The first-order chi connectivity index (χ1) is 8.66. The second kappa shape index (κ2) is 4.15. The predicted molar refractivity (Wildman–Crippen MR) is 67.9 cm³/mol. The third-order valence-corrected chi connectivity index (χ3v) is 3.85. The zero-order chi connectivity index (χ0) is 12.7. The summed E-state index contributed by atoms with van der Waals surface area (Å²) in [4.78, 5) is 13.7. The van der Waals surface area contributed by atoms with Crippen molar-refractivity contribution in [1.82, 2.24) is 5.32 Å². The molecule has 2 fully saturated rings. The van der Waals surface area contributed by atoms with Gasteiger partial charge >= 0.3 is 6.03 Å². The van der Waals surface area contributed by atoms with Gasteiger partial charge in [-0.05, 0) is 31.0 Å². The Labute approximate surface area is 105 Å². The third kappa shape index (κ3) is 1.70. The van der Waals surface area contributed by atoms with Crippen LogP contribution in [0.15, 0.2) is 18.2 Å². The minimum absolute atomic E-state index is 0.110. The van der Waals surface area contributed by atoms with Crippen molar-refractivity contribution in [2.75, 3.05) is 10.6 Å². The molecule has 18 heavy (non-hydrogen) atoms. The van der Waals surface area contributed by atoms with Gasteiger partial charge in [-0.15, -0.1) is 0 Å². The molecule has 1 aromatic rings. The topological polar surface area (TPSA) is 58.4 Å². The number of nitrogen functional groups attached to an aromatic ring is 1. The number of nitrogens with zero attached hydrogens (tertiary/aromatic N) is 1. The molecule has 3 N–H and O–H groups in total. The summed E-state index contributed by atoms with van der Waals surface area (Å²) in [6.45, 7) is 0. The Kier molecular flexibility index (Phi) is 2.61. The largest absolute Gasteiger partial charge is 0.396 e. The molecular weight excluding hydrogens is 233 g/mol. The van der Waals surface area contributed by atoms with Crippen molar-refractivity contribution >= 4 is 17.4 Å². The Bertz CT molecular complexity index is 491. The molecule has 1 saturated carbocycles. The predicted octanol–water partition coefficient (Wildman–Crippen LogP) is 2.25. The maximum Gasteiger partial charge on any atom is 0.322 e. The summed E-state index contributed by atoms with van der Waals surface area (Å²) in [6, 6.07) is 4.77. The molecule has 96 valence electrons. The van der Waals surface area contributed by atoms with Crippen LogP contribution in [0.1, 0.15) is 25.7 Å². The van der Waals surface area contributed by atoms with E-state index in [-0.39, 0.29) is 23.8 Å². The summed E-state index contributed by atoms with van der Waals surface area (Å²) in [5.74, 6) is -0.473. The van der Waals surface area contributed by atoms with Gasteiger partial charge in [0.25, 0.3) is 0 Å². The smallest absolute Gasteiger partial charge is 0.322 e. The molecule has 1 aromatic carbocycles. The average molecular weight is 249 g/mol. The Morgan fingerprint density at radius 3 is 2.89 bits per heavy atom. The molecule has 2 aliphatic rings. The maximum absolute atomic E-state index is 13.5. The summed E-state index contributed by atoms with van der Waals surface area (Å²) in [7, 11) is 0. The lowest BCUT2D eigenvalue weighted by atomic mass is 9.91. The summed E-state index contributed by atoms with van der Waals surface area (Å²) in [6.07, 6.45) is 4.23. The summed E-state index contributed by atoms with van der Waals surface area (Å²) in [5, 5.41) is 2.97. The molecule has 3 rings (SSSR count). The minimum Gasteiger partial charge on any atom is -0.396 e. The van der Waals surface area contributed by atoms with Crippen LogP contribution in [0.3, 0.4) is 0 Å². The van der Waals surface area contributed by atoms with E-state index in [1.807, 2.05) is 0 Å². The number of carbonyl (C=O) groups is 1. The van der Waals surface area contributed by atoms with Crippen LogP contribution in [0.25, 0.3) is 0 Å². The number of nitrogens with one attached hydrogen (secondary N) is 1. The first kappa shape index (κ1) is 11.3. The highest BCUT2D eigenvalue weighted by Gasteiger charge is 2.41. The zero-order valence-corrected chi connectivity index (χ0v) is 10.0. The maximum atomic E-state index is 13.5. The number of amides is 2. The van der Waals surface area contributed by atoms with Gasteiger partial charge < -0.3 is 11.1 Å². The van der Waals surface area contributed by atoms with E-state index in [1.165, 1.54) is 12.1 Å². The number of fused-ring (bicyclic) bond motifs is 1. The van der Waals surface area contributed by atoms with Gasteiger partial charge in [-0.3, -0.25) is 4.90 Å². The highest BCUT2D eigenvalue weighted by Crippen LogP contribution is 2.32. The van der Waals surface area contributed by atoms with Crippen LogP contribution in [0.4, 0.5) is 20.6 Å². The first-order valence-electron chi connectivity index (χ1n) is 6.31. The van der Waals surface area contributed by atoms with E-state index >= 15 is 0 Å². The number of anilines is 2. The van der Waals surface area contributed by atoms with Crippen LogP contribution in [0.2, 0.25) is 0 Å². The van der Waals surface area contributed by atoms with Crippen molar-refractivity contribution in [3.8, 4) is 0 Å². The molecule has 2 unspecified atom stereocenters. The Morgan fingerprint density at radius 2 is 2.11 bits per heavy atom. The van der Waals surface area contributed by atoms with Crippen molar-refractivity contribution in [3.63, 3.8) is 0 Å². The number of benzene rings is 1. The monoisotopic (exact) mass is 249 g/mol. The number of urea groups is 1. The number of rotatable bonds is 1. The molecule has 5 heteroatoms. The molecular formula is C13H16FN3O. The Balaban J connectivity index is 1.94. The summed E-state index contributed by atoms with van der Waals surface area (Å²) in [5.41, 5.74) is 6.16. The molecule has 1 aliphatic heterocycles. The molecule has 1 saturated heterocycles. The van der Waals surface area contributed by atoms with Gasteiger partial charge in [-0.25, -0.2) is 9.18 Å². The molecule has 1 aliphatic carbocycles. The normalized spacial score (nSPS) is 26.9. The van der Waals surface area contributed by atoms with E-state index in [0.29, 0.717) is 5.69 Å². The number of hydrogen-bond acceptors (Lipinski definition) is 2. The van der Waals surface area contributed by atoms with E-state index in [2.05, 4.69) is 5.32 Å². The van der Waals surface area contributed by atoms with Crippen LogP contribution in [-0.2, 0) is 0 Å². The molecule has 0 bridgehead atoms. The highest BCUT2D eigenvalue weighted by atomic mass is 19.1. The lowest BCUT2D eigenvalue weighted by Crippen LogP contribution is -2.39. The molecule has 4 nitrogen and oxygen atoms in total. The number of hydrogen-bond donors (Lipinski definition) is 2. The van der Waals surface area contributed by atoms with E-state index in [9.17, 15) is 9.18 Å². The summed E-state index contributed by atoms with van der Waals surface area (Å²) >= 11 is 0. The fourth-order valence-electron chi connectivity index (χ4n) is 2.94. The fraction of sp³-hybridized carbons (Fsp3) is 0.462. The number of nitrogens with two attached hydrogens (primary N) is 1. The third-order valence-electron chi connectivity index (χ3n) is 3.85. The van der Waals surface area contributed by atoms with Crippen LogP contribution in [0, 0.1) is 5.82 Å². The minimum atomic E-state index is -0.473. The first-order valence-corrected chi connectivity index (χ1v) is 6.31. The van der Waals surface area contributed by atoms with Crippen LogP contribution >= 0.6 is 0 Å². The quantitative estimate of drug-likeness (QED) is 0.750. The van der Waals surface area contributed by atoms with Gasteiger partial charge in [-0.1, -0.05) is 12.8 Å². The summed E-state index contributed by atoms with van der Waals surface area (Å²) < 4.78 is 13.5. The van der Waals surface area contributed by atoms with Crippen LogP contribution in [-0.4, -0.2) is 18.1 Å². The van der Waals surface area contributed by atoms with Gasteiger partial charge in [0.15, 0.2) is 0 Å². The van der Waals surface area contributed by atoms with Gasteiger partial charge in [0.2, 0.25) is 0 Å². The van der Waals surface area contributed by atoms with Crippen LogP contribution < -0.4 is 16.0 Å². The second-order valence-electron chi connectivity index (χ2n) is 4.98. The van der Waals surface area contributed by atoms with Crippen molar-refractivity contribution < 1.29 is 9.18 Å². The Morgan fingerprint density at radius 1 is 1.33 bits per heavy atom. The van der Waals surface area contributed by atoms with Crippen molar-refractivity contribution in [2.24, 2.45) is 0 Å². The highest BCUT2D eigenvalue weighted by molar-refractivity contribution is 5.95. The van der Waals surface area contributed by atoms with Crippen molar-refractivity contribution in [3.05, 3.63) is 24.0 Å². The van der Waals surface area contributed by atoms with Crippen molar-refractivity contribution in [1.29, 1.82) is 0 Å². The van der Waals surface area contributed by atoms with E-state index < -0.39 is 5.82 Å². The number of carbonyl (C=O) groups excluding carboxylic acids is 1. The lowest BCUT2D eigenvalue weighted by Gasteiger charge is -2.29. The second-order valence-corrected chi connectivity index (χ2v) is 4.98. The molecule has 2 atom stereocenters. The molecule has 0 spiro atoms. The fourth-order valence-corrected chi connectivity index (χ4v) is 2.94. The van der Waals surface area contributed by atoms with E-state index in [1.54, 1.807) is 11.0 Å². The van der Waals surface area contributed by atoms with Crippen LogP contribution in [0.5, 0.6) is 0 Å². The Hall–Kier alpha value is -1.78. The molecule has 1 heterocycles. The van der Waals surface area contributed by atoms with E-state index in [0.717, 1.165) is 25.7 Å². The number of halogens is 1. The zero-order valence-electron chi connectivity index (χ0n) is 10.0. The van der Waals surface area contributed by atoms with Gasteiger partial charge in [0.1, 0.15) is 5.82 Å². The molecule has 0 radical (unpaired) electrons. The van der Waals surface area contributed by atoms with E-state index in [4.69, 9.17) is 5.73 Å². The SMILES string of the molecule is Nc1ccc(N2C(=O)NC3CCCCC32)cc1F. The van der Waals surface area contributed by atoms with Gasteiger partial charge in [0, 0.05) is 5.69 Å². The standard InChI is InChI=1S/C13H16FN3O/c14-9-7-8(5-6-10(9)15)17-12-4-2-1-3-11(12)16-13(17)18/h5-7,11-12H,1-4,15H2,(H,16,18).